The average Bonchev–Trinajstić information content (AvgIpc) is 1.21. The van der Waals surface area contributed by atoms with Crippen molar-refractivity contribution in [3.8, 4) is 0 Å². The van der Waals surface area contributed by atoms with Crippen molar-refractivity contribution in [2.24, 2.45) is 5.73 Å². The van der Waals surface area contributed by atoms with E-state index in [1.54, 1.807) is 0 Å². The number of hydrogen-bond acceptors (Lipinski definition) is 1. The fraction of sp³-hybridized carbons (Fsp3) is 0.500. The third-order valence-electron chi connectivity index (χ3n) is 0.391. The normalized spacial score (nSPS) is 14.2. The molecule has 0 heterocycles. The number of alkyl halides is 3. The molecule has 0 aromatic heterocycles. The van der Waals surface area contributed by atoms with Gasteiger partial charge in [0.05, 0.1) is 0 Å². The number of rotatable bonds is 0. The highest BCUT2D eigenvalue weighted by Crippen LogP contribution is 2.16. The molecule has 0 aliphatic carbocycles. The van der Waals surface area contributed by atoms with E-state index >= 15 is 0 Å². The minimum atomic E-state index is -4.27. The summed E-state index contributed by atoms with van der Waals surface area (Å²) in [7, 11) is 0. The van der Waals surface area contributed by atoms with Crippen molar-refractivity contribution in [2.75, 3.05) is 0 Å². The molecular weight excluding hydrogens is 119 g/mol. The predicted molar refractivity (Wildman–Crippen MR) is 24.0 cm³/mol. The molecule has 2 N–H and O–H groups in total. The lowest BCUT2D eigenvalue weighted by Crippen LogP contribution is -2.05. The highest BCUT2D eigenvalue weighted by molar-refractivity contribution is 4.96. The van der Waals surface area contributed by atoms with Gasteiger partial charge in [0.2, 0.25) is 0 Å². The maximum atomic E-state index is 11.2. The molecule has 0 aromatic rings. The first kappa shape index (κ1) is 7.33. The molecule has 0 radical (unpaired) electrons. The molecule has 0 bridgehead atoms. The minimum Gasteiger partial charge on any atom is -0.402 e. The van der Waals surface area contributed by atoms with Gasteiger partial charge in [0.15, 0.2) is 0 Å². The molecule has 0 unspecified atom stereocenters. The molecule has 4 heteroatoms. The summed E-state index contributed by atoms with van der Waals surface area (Å²) < 4.78 is 33.4. The van der Waals surface area contributed by atoms with Gasteiger partial charge < -0.3 is 5.73 Å². The van der Waals surface area contributed by atoms with Crippen LogP contribution in [0.4, 0.5) is 13.2 Å². The smallest absolute Gasteiger partial charge is 0.402 e. The van der Waals surface area contributed by atoms with Crippen molar-refractivity contribution in [3.63, 3.8) is 0 Å². The Balaban J connectivity index is 3.89. The van der Waals surface area contributed by atoms with Crippen LogP contribution < -0.4 is 5.73 Å². The molecule has 0 aliphatic rings. The molecular formula is C4H6F3N. The average molecular weight is 125 g/mol. The molecule has 0 amide bonds. The quantitative estimate of drug-likeness (QED) is 0.520. The molecule has 0 fully saturated rings. The van der Waals surface area contributed by atoms with Crippen LogP contribution in [0.25, 0.3) is 0 Å². The largest absolute Gasteiger partial charge is 0.411 e. The highest BCUT2D eigenvalue weighted by Gasteiger charge is 2.22. The molecule has 0 rings (SSSR count). The zero-order chi connectivity index (χ0) is 6.78. The van der Waals surface area contributed by atoms with Crippen molar-refractivity contribution in [2.45, 2.75) is 13.1 Å². The maximum Gasteiger partial charge on any atom is 0.411 e. The standard InChI is InChI=1S/C4H6F3N/c1-3(8)2-4(5,6)7/h2H,8H2,1H3/b3-2+. The van der Waals surface area contributed by atoms with E-state index in [4.69, 9.17) is 5.73 Å². The van der Waals surface area contributed by atoms with Gasteiger partial charge in [-0.1, -0.05) is 0 Å². The Morgan fingerprint density at radius 1 is 1.50 bits per heavy atom. The first-order valence-electron chi connectivity index (χ1n) is 1.93. The van der Waals surface area contributed by atoms with Gasteiger partial charge in [-0.2, -0.15) is 13.2 Å². The van der Waals surface area contributed by atoms with Crippen LogP contribution in [0.2, 0.25) is 0 Å². The lowest BCUT2D eigenvalue weighted by atomic mass is 10.4. The lowest BCUT2D eigenvalue weighted by molar-refractivity contribution is -0.0805. The van der Waals surface area contributed by atoms with Crippen molar-refractivity contribution < 1.29 is 13.2 Å². The Morgan fingerprint density at radius 2 is 1.88 bits per heavy atom. The van der Waals surface area contributed by atoms with Crippen LogP contribution in [0, 0.1) is 0 Å². The van der Waals surface area contributed by atoms with Gasteiger partial charge in [0, 0.05) is 11.8 Å². The van der Waals surface area contributed by atoms with E-state index in [2.05, 4.69) is 0 Å². The predicted octanol–water partition coefficient (Wildman–Crippen LogP) is 1.41. The van der Waals surface area contributed by atoms with E-state index in [9.17, 15) is 13.2 Å². The van der Waals surface area contributed by atoms with Gasteiger partial charge in [-0.05, 0) is 6.92 Å². The topological polar surface area (TPSA) is 26.0 Å². The van der Waals surface area contributed by atoms with E-state index in [1.165, 1.54) is 6.92 Å². The summed E-state index contributed by atoms with van der Waals surface area (Å²) >= 11 is 0. The van der Waals surface area contributed by atoms with Crippen LogP contribution >= 0.6 is 0 Å². The molecule has 0 saturated heterocycles. The second kappa shape index (κ2) is 2.07. The molecule has 8 heavy (non-hydrogen) atoms. The van der Waals surface area contributed by atoms with Crippen molar-refractivity contribution in [1.82, 2.24) is 0 Å². The van der Waals surface area contributed by atoms with Gasteiger partial charge in [-0.25, -0.2) is 0 Å². The van der Waals surface area contributed by atoms with Gasteiger partial charge in [-0.15, -0.1) is 0 Å². The summed E-state index contributed by atoms with van der Waals surface area (Å²) in [5.74, 6) is 0. The number of halogens is 3. The summed E-state index contributed by atoms with van der Waals surface area (Å²) in [6.07, 6.45) is -4.22. The Bertz CT molecular complexity index is 98.3. The Kier molecular flexibility index (Phi) is 1.89. The Morgan fingerprint density at radius 3 is 1.88 bits per heavy atom. The first-order valence-corrected chi connectivity index (χ1v) is 1.93. The SMILES string of the molecule is C/C(N)=C\C(F)(F)F. The van der Waals surface area contributed by atoms with Crippen LogP contribution in [0.3, 0.4) is 0 Å². The lowest BCUT2D eigenvalue weighted by Gasteiger charge is -1.97. The van der Waals surface area contributed by atoms with E-state index in [0.717, 1.165) is 0 Å². The molecule has 0 aliphatic heterocycles. The van der Waals surface area contributed by atoms with Gasteiger partial charge in [0.1, 0.15) is 0 Å². The highest BCUT2D eigenvalue weighted by atomic mass is 19.4. The van der Waals surface area contributed by atoms with Crippen LogP contribution in [-0.4, -0.2) is 6.18 Å². The van der Waals surface area contributed by atoms with Gasteiger partial charge in [0.25, 0.3) is 0 Å². The van der Waals surface area contributed by atoms with E-state index < -0.39 is 6.18 Å². The second-order valence-corrected chi connectivity index (χ2v) is 1.43. The summed E-state index contributed by atoms with van der Waals surface area (Å²) in [4.78, 5) is 0. The molecule has 0 aromatic carbocycles. The van der Waals surface area contributed by atoms with Crippen LogP contribution in [-0.2, 0) is 0 Å². The molecule has 0 spiro atoms. The zero-order valence-electron chi connectivity index (χ0n) is 4.29. The first-order chi connectivity index (χ1) is 3.42. The van der Waals surface area contributed by atoms with Gasteiger partial charge in [-0.3, -0.25) is 0 Å². The number of nitrogens with two attached hydrogens (primary N) is 1. The Hall–Kier alpha value is -0.670. The van der Waals surface area contributed by atoms with E-state index in [-0.39, 0.29) is 11.8 Å². The summed E-state index contributed by atoms with van der Waals surface area (Å²) in [5, 5.41) is 0. The van der Waals surface area contributed by atoms with Crippen LogP contribution in [0.1, 0.15) is 6.92 Å². The second-order valence-electron chi connectivity index (χ2n) is 1.43. The summed E-state index contributed by atoms with van der Waals surface area (Å²) in [6, 6.07) is 0. The summed E-state index contributed by atoms with van der Waals surface area (Å²) in [5.41, 5.74) is 4.50. The fourth-order valence-corrected chi connectivity index (χ4v) is 0.258. The van der Waals surface area contributed by atoms with Crippen molar-refractivity contribution in [3.05, 3.63) is 11.8 Å². The third-order valence-corrected chi connectivity index (χ3v) is 0.391. The van der Waals surface area contributed by atoms with Crippen molar-refractivity contribution in [1.29, 1.82) is 0 Å². The van der Waals surface area contributed by atoms with Crippen LogP contribution in [0.5, 0.6) is 0 Å². The molecule has 48 valence electrons. The fourth-order valence-electron chi connectivity index (χ4n) is 0.258. The van der Waals surface area contributed by atoms with Gasteiger partial charge >= 0.3 is 6.18 Å². The molecule has 0 atom stereocenters. The van der Waals surface area contributed by atoms with Crippen LogP contribution in [0.15, 0.2) is 11.8 Å². The molecule has 0 saturated carbocycles. The number of allylic oxidation sites excluding steroid dienone is 2. The summed E-state index contributed by atoms with van der Waals surface area (Å²) in [6.45, 7) is 1.19. The minimum absolute atomic E-state index is 0.0486. The van der Waals surface area contributed by atoms with Crippen molar-refractivity contribution >= 4 is 0 Å². The molecule has 1 nitrogen and oxygen atoms in total. The van der Waals surface area contributed by atoms with E-state index in [0.29, 0.717) is 0 Å². The Labute approximate surface area is 45.0 Å². The number of hydrogen-bond donors (Lipinski definition) is 1. The van der Waals surface area contributed by atoms with E-state index in [1.807, 2.05) is 0 Å². The zero-order valence-corrected chi connectivity index (χ0v) is 4.29. The monoisotopic (exact) mass is 125 g/mol. The maximum absolute atomic E-state index is 11.2. The third kappa shape index (κ3) is 5.33.